The van der Waals surface area contributed by atoms with Crippen molar-refractivity contribution in [1.82, 2.24) is 0 Å². The maximum atomic E-state index is 6.47. The second-order valence-electron chi connectivity index (χ2n) is 15.6. The molecule has 10 aromatic rings. The van der Waals surface area contributed by atoms with Crippen LogP contribution in [-0.2, 0) is 5.41 Å². The average Bonchev–Trinajstić information content (AvgIpc) is 3.95. The van der Waals surface area contributed by atoms with Gasteiger partial charge in [-0.05, 0) is 80.9 Å². The molecular weight excluding hydrogens is 723 g/mol. The maximum Gasteiger partial charge on any atom is 0.143 e. The van der Waals surface area contributed by atoms with Crippen LogP contribution in [0.25, 0.3) is 76.2 Å². The second-order valence-corrected chi connectivity index (χ2v) is 16.7. The van der Waals surface area contributed by atoms with Crippen molar-refractivity contribution in [3.8, 4) is 54.3 Å². The first-order chi connectivity index (χ1) is 28.5. The van der Waals surface area contributed by atoms with Gasteiger partial charge in [0.2, 0.25) is 0 Å². The van der Waals surface area contributed by atoms with Crippen molar-refractivity contribution in [2.24, 2.45) is 0 Å². The van der Waals surface area contributed by atoms with E-state index < -0.39 is 0 Å². The summed E-state index contributed by atoms with van der Waals surface area (Å²) in [5, 5.41) is 2.28. The fourth-order valence-electron chi connectivity index (χ4n) is 9.21. The molecule has 276 valence electrons. The van der Waals surface area contributed by atoms with Crippen molar-refractivity contribution in [3.05, 3.63) is 211 Å². The minimum atomic E-state index is -0.297. The topological polar surface area (TPSA) is 16.4 Å². The number of thiophene rings is 1. The molecule has 11 rings (SSSR count). The van der Waals surface area contributed by atoms with Gasteiger partial charge in [0.25, 0.3) is 0 Å². The molecule has 2 aromatic heterocycles. The number of hydrogen-bond donors (Lipinski definition) is 0. The molecule has 0 atom stereocenters. The van der Waals surface area contributed by atoms with Crippen LogP contribution in [0.2, 0.25) is 0 Å². The third-order valence-electron chi connectivity index (χ3n) is 11.9. The smallest absolute Gasteiger partial charge is 0.143 e. The van der Waals surface area contributed by atoms with Gasteiger partial charge in [-0.1, -0.05) is 178 Å². The van der Waals surface area contributed by atoms with Gasteiger partial charge in [-0.3, -0.25) is 0 Å². The number of para-hydroxylation sites is 2. The average molecular weight is 762 g/mol. The molecule has 1 aliphatic rings. The van der Waals surface area contributed by atoms with E-state index in [1.807, 2.05) is 23.5 Å². The van der Waals surface area contributed by atoms with E-state index in [1.54, 1.807) is 0 Å². The van der Waals surface area contributed by atoms with Crippen LogP contribution in [0.1, 0.15) is 25.0 Å². The molecule has 0 unspecified atom stereocenters. The second kappa shape index (κ2) is 13.6. The molecule has 0 spiro atoms. The fraction of sp³-hybridized carbons (Fsp3) is 0.0545. The van der Waals surface area contributed by atoms with Gasteiger partial charge in [-0.25, -0.2) is 0 Å². The molecule has 58 heavy (non-hydrogen) atoms. The van der Waals surface area contributed by atoms with Gasteiger partial charge in [-0.15, -0.1) is 11.3 Å². The third kappa shape index (κ3) is 5.46. The van der Waals surface area contributed by atoms with Crippen LogP contribution >= 0.6 is 11.3 Å². The van der Waals surface area contributed by atoms with E-state index in [4.69, 9.17) is 4.42 Å². The zero-order valence-electron chi connectivity index (χ0n) is 32.3. The van der Waals surface area contributed by atoms with Crippen LogP contribution in [0.4, 0.5) is 17.1 Å². The molecule has 0 fully saturated rings. The molecule has 0 amide bonds. The molecule has 0 bridgehead atoms. The zero-order valence-corrected chi connectivity index (χ0v) is 33.1. The highest BCUT2D eigenvalue weighted by Gasteiger charge is 2.44. The van der Waals surface area contributed by atoms with Crippen molar-refractivity contribution in [1.29, 1.82) is 0 Å². The predicted molar refractivity (Wildman–Crippen MR) is 246 cm³/mol. The van der Waals surface area contributed by atoms with Gasteiger partial charge < -0.3 is 9.32 Å². The normalized spacial score (nSPS) is 12.8. The molecule has 0 aliphatic heterocycles. The molecule has 0 N–H and O–H groups in total. The van der Waals surface area contributed by atoms with E-state index in [0.29, 0.717) is 0 Å². The monoisotopic (exact) mass is 761 g/mol. The van der Waals surface area contributed by atoms with E-state index >= 15 is 0 Å². The van der Waals surface area contributed by atoms with E-state index in [1.165, 1.54) is 59.9 Å². The van der Waals surface area contributed by atoms with Gasteiger partial charge in [0.15, 0.2) is 0 Å². The van der Waals surface area contributed by atoms with Crippen LogP contribution < -0.4 is 4.90 Å². The molecule has 0 radical (unpaired) electrons. The van der Waals surface area contributed by atoms with Crippen LogP contribution in [-0.4, -0.2) is 0 Å². The summed E-state index contributed by atoms with van der Waals surface area (Å²) in [5.41, 5.74) is 17.4. The Bertz CT molecular complexity index is 3100. The predicted octanol–water partition coefficient (Wildman–Crippen LogP) is 16.1. The number of furan rings is 1. The maximum absolute atomic E-state index is 6.47. The highest BCUT2D eigenvalue weighted by Crippen LogP contribution is 2.62. The lowest BCUT2D eigenvalue weighted by molar-refractivity contribution is 0.664. The summed E-state index contributed by atoms with van der Waals surface area (Å²) in [5.74, 6) is 0. The fourth-order valence-corrected chi connectivity index (χ4v) is 10.7. The Labute approximate surface area is 342 Å². The highest BCUT2D eigenvalue weighted by atomic mass is 32.1. The van der Waals surface area contributed by atoms with Crippen molar-refractivity contribution >= 4 is 50.3 Å². The van der Waals surface area contributed by atoms with Gasteiger partial charge in [0.1, 0.15) is 11.2 Å². The number of rotatable bonds is 7. The van der Waals surface area contributed by atoms with E-state index in [-0.39, 0.29) is 5.41 Å². The van der Waals surface area contributed by atoms with Crippen LogP contribution in [0.5, 0.6) is 0 Å². The Morgan fingerprint density at radius 2 is 0.931 bits per heavy atom. The lowest BCUT2D eigenvalue weighted by atomic mass is 9.80. The molecule has 2 heterocycles. The molecule has 2 nitrogen and oxygen atoms in total. The summed E-state index contributed by atoms with van der Waals surface area (Å²) in [4.78, 5) is 5.12. The SMILES string of the molecule is CC1(C)c2c(cccc2N(c2ccc(-c3ccccc3)cc2)c2ccc(-c3cccc4c3oc3ccccc34)cc2)-c2c(-c3ccccc3)sc(-c3ccccc3)c21. The van der Waals surface area contributed by atoms with E-state index in [9.17, 15) is 0 Å². The van der Waals surface area contributed by atoms with E-state index in [0.717, 1.165) is 44.4 Å². The first kappa shape index (κ1) is 34.3. The minimum Gasteiger partial charge on any atom is -0.455 e. The number of anilines is 3. The Kier molecular flexibility index (Phi) is 8.06. The Morgan fingerprint density at radius 1 is 0.414 bits per heavy atom. The van der Waals surface area contributed by atoms with Gasteiger partial charge in [0, 0.05) is 48.4 Å². The standard InChI is InChI=1S/C55H39NOS/c1-55(2)50-46(49-51(55)54(40-20-10-5-11-21-40)58-53(49)39-18-8-4-9-19-39)25-15-26-47(50)56(41-32-28-37(29-33-41)36-16-6-3-7-17-36)42-34-30-38(31-35-42)43-23-14-24-45-44-22-12-13-27-48(44)57-52(43)45/h3-35H,1-2H3. The van der Waals surface area contributed by atoms with Crippen molar-refractivity contribution in [2.75, 3.05) is 4.90 Å². The summed E-state index contributed by atoms with van der Waals surface area (Å²) in [7, 11) is 0. The number of benzene rings is 8. The number of fused-ring (bicyclic) bond motifs is 6. The lowest BCUT2D eigenvalue weighted by Crippen LogP contribution is -2.21. The first-order valence-electron chi connectivity index (χ1n) is 19.9. The lowest BCUT2D eigenvalue weighted by Gasteiger charge is -2.32. The Hall–Kier alpha value is -6.94. The summed E-state index contributed by atoms with van der Waals surface area (Å²) in [6.07, 6.45) is 0. The zero-order chi connectivity index (χ0) is 38.8. The molecular formula is C55H39NOS. The van der Waals surface area contributed by atoms with Crippen LogP contribution in [0.3, 0.4) is 0 Å². The molecule has 1 aliphatic carbocycles. The largest absolute Gasteiger partial charge is 0.455 e. The van der Waals surface area contributed by atoms with Gasteiger partial charge in [0.05, 0.1) is 5.69 Å². The molecule has 3 heteroatoms. The summed E-state index contributed by atoms with van der Waals surface area (Å²) < 4.78 is 6.47. The van der Waals surface area contributed by atoms with Crippen LogP contribution in [0, 0.1) is 0 Å². The minimum absolute atomic E-state index is 0.297. The summed E-state index contributed by atoms with van der Waals surface area (Å²) in [6, 6.07) is 72.2. The summed E-state index contributed by atoms with van der Waals surface area (Å²) in [6.45, 7) is 4.84. The van der Waals surface area contributed by atoms with Crippen molar-refractivity contribution < 1.29 is 4.42 Å². The van der Waals surface area contributed by atoms with E-state index in [2.05, 4.69) is 207 Å². The Morgan fingerprint density at radius 3 is 1.60 bits per heavy atom. The molecule has 0 saturated heterocycles. The van der Waals surface area contributed by atoms with Gasteiger partial charge >= 0.3 is 0 Å². The highest BCUT2D eigenvalue weighted by molar-refractivity contribution is 7.19. The Balaban J connectivity index is 1.10. The van der Waals surface area contributed by atoms with Crippen molar-refractivity contribution in [3.63, 3.8) is 0 Å². The summed E-state index contributed by atoms with van der Waals surface area (Å²) >= 11 is 1.92. The molecule has 8 aromatic carbocycles. The quantitative estimate of drug-likeness (QED) is 0.161. The van der Waals surface area contributed by atoms with Crippen LogP contribution in [0.15, 0.2) is 205 Å². The first-order valence-corrected chi connectivity index (χ1v) is 20.7. The number of nitrogens with zero attached hydrogens (tertiary/aromatic N) is 1. The van der Waals surface area contributed by atoms with Crippen molar-refractivity contribution in [2.45, 2.75) is 19.3 Å². The molecule has 0 saturated carbocycles. The van der Waals surface area contributed by atoms with Gasteiger partial charge in [-0.2, -0.15) is 0 Å². The third-order valence-corrected chi connectivity index (χ3v) is 13.1. The number of hydrogen-bond acceptors (Lipinski definition) is 3.